The van der Waals surface area contributed by atoms with Crippen LogP contribution < -0.4 is 10.5 Å². The molecular weight excluding hydrogens is 212 g/mol. The normalized spacial score (nSPS) is 12.2. The van der Waals surface area contributed by atoms with E-state index in [0.29, 0.717) is 6.61 Å². The number of hydrogen-bond donors (Lipinski definition) is 1. The van der Waals surface area contributed by atoms with Crippen LogP contribution in [0.15, 0.2) is 18.2 Å². The summed E-state index contributed by atoms with van der Waals surface area (Å²) >= 11 is 0. The smallest absolute Gasteiger partial charge is 0.310 e. The van der Waals surface area contributed by atoms with E-state index in [4.69, 9.17) is 15.2 Å². The average Bonchev–Trinajstić information content (AvgIpc) is 2.28. The summed E-state index contributed by atoms with van der Waals surface area (Å²) in [6.07, 6.45) is 0. The lowest BCUT2D eigenvalue weighted by Gasteiger charge is -2.11. The summed E-state index contributed by atoms with van der Waals surface area (Å²) in [5.41, 5.74) is 6.47. The van der Waals surface area contributed by atoms with Gasteiger partial charge in [0.2, 0.25) is 0 Å². The van der Waals surface area contributed by atoms with Crippen molar-refractivity contribution in [3.63, 3.8) is 0 Å². The largest absolute Gasteiger partial charge is 0.490 e. The van der Waals surface area contributed by atoms with Crippen LogP contribution in [-0.4, -0.2) is 25.7 Å². The lowest BCUT2D eigenvalue weighted by atomic mass is 10.1. The van der Waals surface area contributed by atoms with E-state index in [1.165, 1.54) is 13.2 Å². The second-order valence-corrected chi connectivity index (χ2v) is 3.25. The molecule has 2 N–H and O–H groups in total. The Morgan fingerprint density at radius 3 is 2.69 bits per heavy atom. The minimum Gasteiger partial charge on any atom is -0.490 e. The molecule has 0 bridgehead atoms. The minimum atomic E-state index is -0.496. The van der Waals surface area contributed by atoms with Crippen LogP contribution in [0.5, 0.6) is 5.75 Å². The Kier molecular flexibility index (Phi) is 4.21. The van der Waals surface area contributed by atoms with Gasteiger partial charge in [0.25, 0.3) is 0 Å². The third-order valence-electron chi connectivity index (χ3n) is 2.17. The van der Waals surface area contributed by atoms with Gasteiger partial charge in [-0.15, -0.1) is 0 Å². The predicted molar refractivity (Wildman–Crippen MR) is 58.5 cm³/mol. The van der Waals surface area contributed by atoms with Crippen LogP contribution in [-0.2, 0) is 4.74 Å². The summed E-state index contributed by atoms with van der Waals surface area (Å²) in [5, 5.41) is 10.7. The second-order valence-electron chi connectivity index (χ2n) is 3.25. The molecule has 1 atom stereocenters. The molecule has 0 amide bonds. The quantitative estimate of drug-likeness (QED) is 0.603. The molecule has 16 heavy (non-hydrogen) atoms. The molecule has 1 rings (SSSR count). The molecule has 0 saturated carbocycles. The number of hydrogen-bond acceptors (Lipinski definition) is 5. The molecule has 1 aromatic rings. The van der Waals surface area contributed by atoms with Gasteiger partial charge in [0, 0.05) is 13.2 Å². The number of nitrogens with zero attached hydrogens (tertiary/aromatic N) is 1. The molecule has 0 fully saturated rings. The molecule has 0 aromatic heterocycles. The number of methoxy groups -OCH3 is 2. The van der Waals surface area contributed by atoms with Gasteiger partial charge in [0.15, 0.2) is 5.75 Å². The molecule has 0 aliphatic heterocycles. The molecule has 0 spiro atoms. The van der Waals surface area contributed by atoms with Crippen molar-refractivity contribution >= 4 is 5.69 Å². The van der Waals surface area contributed by atoms with Gasteiger partial charge in [0.05, 0.1) is 24.7 Å². The summed E-state index contributed by atoms with van der Waals surface area (Å²) in [6, 6.07) is 4.22. The maximum Gasteiger partial charge on any atom is 0.310 e. The molecule has 1 aromatic carbocycles. The zero-order chi connectivity index (χ0) is 12.1. The maximum absolute atomic E-state index is 10.7. The van der Waals surface area contributed by atoms with E-state index in [1.54, 1.807) is 19.2 Å². The van der Waals surface area contributed by atoms with Crippen molar-refractivity contribution in [3.05, 3.63) is 33.9 Å². The first-order valence-corrected chi connectivity index (χ1v) is 4.67. The fourth-order valence-electron chi connectivity index (χ4n) is 1.35. The maximum atomic E-state index is 10.7. The van der Waals surface area contributed by atoms with Crippen molar-refractivity contribution in [2.24, 2.45) is 5.73 Å². The van der Waals surface area contributed by atoms with E-state index >= 15 is 0 Å². The fourth-order valence-corrected chi connectivity index (χ4v) is 1.35. The van der Waals surface area contributed by atoms with E-state index in [9.17, 15) is 10.1 Å². The van der Waals surface area contributed by atoms with Crippen LogP contribution in [0.4, 0.5) is 5.69 Å². The van der Waals surface area contributed by atoms with E-state index in [0.717, 1.165) is 5.56 Å². The summed E-state index contributed by atoms with van der Waals surface area (Å²) in [4.78, 5) is 10.2. The first-order chi connectivity index (χ1) is 7.60. The van der Waals surface area contributed by atoms with Gasteiger partial charge in [-0.1, -0.05) is 6.07 Å². The topological polar surface area (TPSA) is 87.6 Å². The van der Waals surface area contributed by atoms with Gasteiger partial charge < -0.3 is 15.2 Å². The van der Waals surface area contributed by atoms with Crippen LogP contribution in [0.3, 0.4) is 0 Å². The van der Waals surface area contributed by atoms with Crippen molar-refractivity contribution in [2.75, 3.05) is 20.8 Å². The van der Waals surface area contributed by atoms with Crippen LogP contribution in [0.25, 0.3) is 0 Å². The van der Waals surface area contributed by atoms with Crippen LogP contribution in [0.1, 0.15) is 11.6 Å². The van der Waals surface area contributed by atoms with Crippen molar-refractivity contribution < 1.29 is 14.4 Å². The Balaban J connectivity index is 3.03. The Morgan fingerprint density at radius 1 is 1.50 bits per heavy atom. The standard InChI is InChI=1S/C10H14N2O4/c1-15-6-8(11)7-3-4-9(12(13)14)10(5-7)16-2/h3-5,8H,6,11H2,1-2H3. The molecule has 6 nitrogen and oxygen atoms in total. The van der Waals surface area contributed by atoms with Gasteiger partial charge >= 0.3 is 5.69 Å². The summed E-state index contributed by atoms with van der Waals surface area (Å²) in [7, 11) is 2.93. The van der Waals surface area contributed by atoms with Crippen molar-refractivity contribution in [1.29, 1.82) is 0 Å². The molecule has 0 heterocycles. The van der Waals surface area contributed by atoms with E-state index < -0.39 is 4.92 Å². The molecule has 0 aliphatic rings. The molecule has 0 radical (unpaired) electrons. The minimum absolute atomic E-state index is 0.0733. The third-order valence-corrected chi connectivity index (χ3v) is 2.17. The summed E-state index contributed by atoms with van der Waals surface area (Å²) < 4.78 is 9.85. The lowest BCUT2D eigenvalue weighted by molar-refractivity contribution is -0.385. The third kappa shape index (κ3) is 2.68. The second kappa shape index (κ2) is 5.43. The van der Waals surface area contributed by atoms with Crippen LogP contribution in [0, 0.1) is 10.1 Å². The first-order valence-electron chi connectivity index (χ1n) is 4.67. The predicted octanol–water partition coefficient (Wildman–Crippen LogP) is 1.25. The highest BCUT2D eigenvalue weighted by molar-refractivity contribution is 5.49. The molecule has 1 unspecified atom stereocenters. The number of ether oxygens (including phenoxy) is 2. The Morgan fingerprint density at radius 2 is 2.19 bits per heavy atom. The number of nitrogens with two attached hydrogens (primary N) is 1. The van der Waals surface area contributed by atoms with Crippen molar-refractivity contribution in [3.8, 4) is 5.75 Å². The number of benzene rings is 1. The summed E-state index contributed by atoms with van der Waals surface area (Å²) in [6.45, 7) is 0.348. The van der Waals surface area contributed by atoms with Gasteiger partial charge in [-0.3, -0.25) is 10.1 Å². The Bertz CT molecular complexity index is 381. The molecular formula is C10H14N2O4. The van der Waals surface area contributed by atoms with E-state index in [2.05, 4.69) is 0 Å². The highest BCUT2D eigenvalue weighted by Gasteiger charge is 2.16. The van der Waals surface area contributed by atoms with E-state index in [-0.39, 0.29) is 17.5 Å². The number of nitro groups is 1. The van der Waals surface area contributed by atoms with Gasteiger partial charge in [-0.2, -0.15) is 0 Å². The Labute approximate surface area is 93.1 Å². The fraction of sp³-hybridized carbons (Fsp3) is 0.400. The van der Waals surface area contributed by atoms with Gasteiger partial charge in [0.1, 0.15) is 0 Å². The van der Waals surface area contributed by atoms with Gasteiger partial charge in [-0.05, 0) is 11.6 Å². The SMILES string of the molecule is COCC(N)c1ccc([N+](=O)[O-])c(OC)c1. The zero-order valence-electron chi connectivity index (χ0n) is 9.17. The van der Waals surface area contributed by atoms with Gasteiger partial charge in [-0.25, -0.2) is 0 Å². The lowest BCUT2D eigenvalue weighted by Crippen LogP contribution is -2.16. The van der Waals surface area contributed by atoms with Crippen LogP contribution >= 0.6 is 0 Å². The molecule has 0 aliphatic carbocycles. The molecule has 0 saturated heterocycles. The molecule has 6 heteroatoms. The Hall–Kier alpha value is -1.66. The monoisotopic (exact) mass is 226 g/mol. The van der Waals surface area contributed by atoms with Crippen molar-refractivity contribution in [1.82, 2.24) is 0 Å². The van der Waals surface area contributed by atoms with Crippen LogP contribution in [0.2, 0.25) is 0 Å². The molecule has 88 valence electrons. The average molecular weight is 226 g/mol. The number of rotatable bonds is 5. The highest BCUT2D eigenvalue weighted by atomic mass is 16.6. The number of nitro benzene ring substituents is 1. The summed E-state index contributed by atoms with van der Waals surface area (Å²) in [5.74, 6) is 0.203. The van der Waals surface area contributed by atoms with E-state index in [1.807, 2.05) is 0 Å². The first kappa shape index (κ1) is 12.4. The van der Waals surface area contributed by atoms with Crippen molar-refractivity contribution in [2.45, 2.75) is 6.04 Å². The zero-order valence-corrected chi connectivity index (χ0v) is 9.17. The highest BCUT2D eigenvalue weighted by Crippen LogP contribution is 2.29.